The Bertz CT molecular complexity index is 593. The summed E-state index contributed by atoms with van der Waals surface area (Å²) in [5.74, 6) is 0.918. The first kappa shape index (κ1) is 11.4. The lowest BCUT2D eigenvalue weighted by molar-refractivity contribution is 0.0983. The fourth-order valence-corrected chi connectivity index (χ4v) is 3.45. The predicted octanol–water partition coefficient (Wildman–Crippen LogP) is 3.84. The van der Waals surface area contributed by atoms with Crippen molar-refractivity contribution in [3.63, 3.8) is 0 Å². The van der Waals surface area contributed by atoms with Gasteiger partial charge in [-0.15, -0.1) is 0 Å². The van der Waals surface area contributed by atoms with Crippen LogP contribution in [0.4, 0.5) is 0 Å². The second kappa shape index (κ2) is 4.53. The molecule has 1 aliphatic rings. The van der Waals surface area contributed by atoms with Crippen molar-refractivity contribution in [3.8, 4) is 5.75 Å². The number of hydrogen-bond acceptors (Lipinski definition) is 3. The van der Waals surface area contributed by atoms with Crippen molar-refractivity contribution >= 4 is 47.0 Å². The van der Waals surface area contributed by atoms with Crippen LogP contribution in [0.5, 0.6) is 5.75 Å². The first-order chi connectivity index (χ1) is 8.29. The number of benzene rings is 1. The van der Waals surface area contributed by atoms with Crippen LogP contribution in [-0.4, -0.2) is 16.4 Å². The predicted molar refractivity (Wildman–Crippen MR) is 78.0 cm³/mol. The molecule has 1 aromatic heterocycles. The van der Waals surface area contributed by atoms with Gasteiger partial charge in [-0.1, -0.05) is 0 Å². The van der Waals surface area contributed by atoms with Gasteiger partial charge in [-0.05, 0) is 24.6 Å². The van der Waals surface area contributed by atoms with Gasteiger partial charge < -0.3 is 4.74 Å². The van der Waals surface area contributed by atoms with Gasteiger partial charge in [0.25, 0.3) is 0 Å². The van der Waals surface area contributed by atoms with Gasteiger partial charge in [0.05, 0.1) is 17.7 Å². The van der Waals surface area contributed by atoms with E-state index < -0.39 is 0 Å². The van der Waals surface area contributed by atoms with Gasteiger partial charge in [0.15, 0.2) is 5.78 Å². The Hall–Kier alpha value is -0.690. The van der Waals surface area contributed by atoms with E-state index in [0.29, 0.717) is 13.0 Å². The highest BCUT2D eigenvalue weighted by Gasteiger charge is 2.18. The third-order valence-electron chi connectivity index (χ3n) is 2.94. The van der Waals surface area contributed by atoms with Crippen molar-refractivity contribution < 1.29 is 9.53 Å². The molecule has 0 N–H and O–H groups in total. The molecule has 0 unspecified atom stereocenters. The third-order valence-corrected chi connectivity index (χ3v) is 4.68. The minimum atomic E-state index is 0.186. The van der Waals surface area contributed by atoms with Crippen LogP contribution in [0.1, 0.15) is 23.2 Å². The smallest absolute Gasteiger partial charge is 0.166 e. The summed E-state index contributed by atoms with van der Waals surface area (Å²) in [4.78, 5) is 12.0. The molecule has 2 aromatic rings. The molecule has 0 atom stereocenters. The molecule has 3 rings (SSSR count). The van der Waals surface area contributed by atoms with E-state index in [9.17, 15) is 4.79 Å². The average Bonchev–Trinajstić information content (AvgIpc) is 2.66. The highest BCUT2D eigenvalue weighted by atomic mass is 127. The van der Waals surface area contributed by atoms with E-state index in [1.54, 1.807) is 9.12 Å². The van der Waals surface area contributed by atoms with Gasteiger partial charge in [-0.25, -0.2) is 0 Å². The number of Topliss-reactive ketones (excluding diaryl/α,β-unsaturated/α-hetero) is 1. The molecule has 0 saturated heterocycles. The standard InChI is InChI=1S/C12H10INO2S/c13-17-14-4-3-8-6-12-9(7-10(8)14)11(15)2-1-5-16-12/h3-4,6-7H,1-2,5H2. The van der Waals surface area contributed by atoms with Crippen molar-refractivity contribution in [2.24, 2.45) is 0 Å². The molecule has 0 bridgehead atoms. The lowest BCUT2D eigenvalue weighted by Crippen LogP contribution is -1.97. The van der Waals surface area contributed by atoms with Crippen LogP contribution in [-0.2, 0) is 0 Å². The minimum Gasteiger partial charge on any atom is -0.493 e. The van der Waals surface area contributed by atoms with E-state index in [2.05, 4.69) is 21.2 Å². The van der Waals surface area contributed by atoms with Crippen molar-refractivity contribution in [2.45, 2.75) is 12.8 Å². The number of rotatable bonds is 1. The van der Waals surface area contributed by atoms with Gasteiger partial charge in [0, 0.05) is 48.3 Å². The van der Waals surface area contributed by atoms with Crippen molar-refractivity contribution in [2.75, 3.05) is 6.61 Å². The van der Waals surface area contributed by atoms with Crippen LogP contribution in [0, 0.1) is 0 Å². The molecule has 1 aromatic carbocycles. The van der Waals surface area contributed by atoms with Gasteiger partial charge in [0.2, 0.25) is 0 Å². The number of ketones is 1. The normalized spacial score (nSPS) is 15.5. The van der Waals surface area contributed by atoms with Gasteiger partial charge in [-0.3, -0.25) is 8.77 Å². The fourth-order valence-electron chi connectivity index (χ4n) is 2.08. The van der Waals surface area contributed by atoms with Crippen LogP contribution < -0.4 is 4.74 Å². The zero-order valence-electron chi connectivity index (χ0n) is 8.98. The van der Waals surface area contributed by atoms with Crippen LogP contribution >= 0.6 is 30.3 Å². The molecule has 0 saturated carbocycles. The first-order valence-electron chi connectivity index (χ1n) is 5.40. The van der Waals surface area contributed by atoms with Crippen molar-refractivity contribution in [1.29, 1.82) is 0 Å². The highest BCUT2D eigenvalue weighted by Crippen LogP contribution is 2.32. The summed E-state index contributed by atoms with van der Waals surface area (Å²) in [6.45, 7) is 0.631. The second-order valence-electron chi connectivity index (χ2n) is 3.99. The molecular formula is C12H10INO2S. The van der Waals surface area contributed by atoms with Crippen LogP contribution in [0.25, 0.3) is 10.9 Å². The molecule has 0 spiro atoms. The van der Waals surface area contributed by atoms with Gasteiger partial charge in [-0.2, -0.15) is 0 Å². The van der Waals surface area contributed by atoms with E-state index in [1.165, 1.54) is 0 Å². The van der Waals surface area contributed by atoms with E-state index in [4.69, 9.17) is 4.74 Å². The number of carbonyl (C=O) groups is 1. The first-order valence-corrected chi connectivity index (χ1v) is 8.71. The number of ether oxygens (including phenoxy) is 1. The summed E-state index contributed by atoms with van der Waals surface area (Å²) in [6, 6.07) is 5.96. The minimum absolute atomic E-state index is 0.186. The Balaban J connectivity index is 2.24. The topological polar surface area (TPSA) is 31.2 Å². The van der Waals surface area contributed by atoms with Gasteiger partial charge >= 0.3 is 0 Å². The number of fused-ring (bicyclic) bond motifs is 2. The van der Waals surface area contributed by atoms with Crippen LogP contribution in [0.3, 0.4) is 0 Å². The molecule has 3 nitrogen and oxygen atoms in total. The average molecular weight is 359 g/mol. The number of aromatic nitrogens is 1. The second-order valence-corrected chi connectivity index (χ2v) is 5.71. The summed E-state index contributed by atoms with van der Waals surface area (Å²) in [6.07, 6.45) is 3.39. The molecule has 0 radical (unpaired) electrons. The number of carbonyl (C=O) groups excluding carboxylic acids is 1. The van der Waals surface area contributed by atoms with E-state index in [0.717, 1.165) is 28.6 Å². The zero-order valence-corrected chi connectivity index (χ0v) is 12.0. The third kappa shape index (κ3) is 1.95. The largest absolute Gasteiger partial charge is 0.493 e. The van der Waals surface area contributed by atoms with E-state index >= 15 is 0 Å². The molecule has 1 aliphatic heterocycles. The lowest BCUT2D eigenvalue weighted by atomic mass is 10.1. The molecular weight excluding hydrogens is 349 g/mol. The van der Waals surface area contributed by atoms with E-state index in [-0.39, 0.29) is 5.78 Å². The molecule has 88 valence electrons. The summed E-state index contributed by atoms with van der Waals surface area (Å²) in [5.41, 5.74) is 1.79. The Labute approximate surface area is 115 Å². The summed E-state index contributed by atoms with van der Waals surface area (Å²) < 4.78 is 7.68. The van der Waals surface area contributed by atoms with E-state index in [1.807, 2.05) is 28.4 Å². The lowest BCUT2D eigenvalue weighted by Gasteiger charge is -2.07. The summed E-state index contributed by atoms with van der Waals surface area (Å²) >= 11 is 2.23. The Morgan fingerprint density at radius 2 is 2.29 bits per heavy atom. The maximum atomic E-state index is 12.0. The SMILES string of the molecule is O=C1CCCOc2cc3ccn(SI)c3cc21. The molecule has 0 fully saturated rings. The summed E-state index contributed by atoms with van der Waals surface area (Å²) in [5, 5.41) is 1.11. The molecule has 2 heterocycles. The maximum Gasteiger partial charge on any atom is 0.166 e. The van der Waals surface area contributed by atoms with Crippen LogP contribution in [0.2, 0.25) is 0 Å². The zero-order chi connectivity index (χ0) is 11.8. The van der Waals surface area contributed by atoms with Crippen molar-refractivity contribution in [1.82, 2.24) is 3.97 Å². The molecule has 0 amide bonds. The quantitative estimate of drug-likeness (QED) is 0.725. The summed E-state index contributed by atoms with van der Waals surface area (Å²) in [7, 11) is 1.60. The fraction of sp³-hybridized carbons (Fsp3) is 0.250. The molecule has 5 heteroatoms. The Kier molecular flexibility index (Phi) is 3.04. The number of nitrogens with zero attached hydrogens (tertiary/aromatic N) is 1. The monoisotopic (exact) mass is 359 g/mol. The molecule has 0 aliphatic carbocycles. The van der Waals surface area contributed by atoms with Crippen LogP contribution in [0.15, 0.2) is 24.4 Å². The van der Waals surface area contributed by atoms with Crippen molar-refractivity contribution in [3.05, 3.63) is 30.0 Å². The van der Waals surface area contributed by atoms with Gasteiger partial charge in [0.1, 0.15) is 5.75 Å². The molecule has 17 heavy (non-hydrogen) atoms. The number of halogens is 1. The Morgan fingerprint density at radius 1 is 1.41 bits per heavy atom. The maximum absolute atomic E-state index is 12.0. The highest BCUT2D eigenvalue weighted by molar-refractivity contribution is 14.2. The Morgan fingerprint density at radius 3 is 3.12 bits per heavy atom. The number of hydrogen-bond donors (Lipinski definition) is 0.